The molecule has 0 radical (unpaired) electrons. The number of ether oxygens (including phenoxy) is 1. The van der Waals surface area contributed by atoms with Gasteiger partial charge >= 0.3 is 0 Å². The first kappa shape index (κ1) is 14.6. The summed E-state index contributed by atoms with van der Waals surface area (Å²) < 4.78 is 5.77. The van der Waals surface area contributed by atoms with Crippen molar-refractivity contribution in [1.82, 2.24) is 4.90 Å². The molecule has 0 aromatic heterocycles. The lowest BCUT2D eigenvalue weighted by Crippen LogP contribution is -2.59. The zero-order valence-corrected chi connectivity index (χ0v) is 12.9. The standard InChI is InChI=1S/C14H28N2OS/c1-13(2)8-14(9-15,11-18-10-13)16(3)7-12-5-4-6-17-12/h12H,4-11,15H2,1-3H3. The molecule has 106 valence electrons. The average molecular weight is 272 g/mol. The van der Waals surface area contributed by atoms with Gasteiger partial charge in [-0.2, -0.15) is 11.8 Å². The molecule has 2 aliphatic rings. The number of nitrogens with two attached hydrogens (primary N) is 1. The molecule has 0 aliphatic carbocycles. The predicted molar refractivity (Wildman–Crippen MR) is 79.1 cm³/mol. The Balaban J connectivity index is 2.01. The Bertz CT molecular complexity index is 279. The minimum atomic E-state index is 0.165. The Morgan fingerprint density at radius 2 is 2.17 bits per heavy atom. The highest BCUT2D eigenvalue weighted by molar-refractivity contribution is 7.99. The summed E-state index contributed by atoms with van der Waals surface area (Å²) in [7, 11) is 2.23. The van der Waals surface area contributed by atoms with Crippen LogP contribution in [0, 0.1) is 5.41 Å². The van der Waals surface area contributed by atoms with Crippen LogP contribution in [-0.2, 0) is 4.74 Å². The third-order valence-corrected chi connectivity index (χ3v) is 6.09. The number of likely N-dealkylation sites (N-methyl/N-ethyl adjacent to an activating group) is 1. The summed E-state index contributed by atoms with van der Waals surface area (Å²) in [5.41, 5.74) is 6.70. The molecule has 18 heavy (non-hydrogen) atoms. The van der Waals surface area contributed by atoms with Gasteiger partial charge < -0.3 is 10.5 Å². The van der Waals surface area contributed by atoms with Gasteiger partial charge in [-0.15, -0.1) is 0 Å². The van der Waals surface area contributed by atoms with Gasteiger partial charge in [0.1, 0.15) is 0 Å². The van der Waals surface area contributed by atoms with Gasteiger partial charge in [0.2, 0.25) is 0 Å². The van der Waals surface area contributed by atoms with E-state index in [1.807, 2.05) is 0 Å². The lowest BCUT2D eigenvalue weighted by atomic mass is 9.79. The molecule has 2 rings (SSSR count). The minimum Gasteiger partial charge on any atom is -0.377 e. The molecule has 3 nitrogen and oxygen atoms in total. The van der Waals surface area contributed by atoms with Crippen molar-refractivity contribution in [2.24, 2.45) is 11.1 Å². The Morgan fingerprint density at radius 3 is 2.72 bits per heavy atom. The fourth-order valence-electron chi connectivity index (χ4n) is 3.33. The molecule has 2 heterocycles. The SMILES string of the molecule is CN(CC1CCCO1)C1(CN)CSCC(C)(C)C1. The van der Waals surface area contributed by atoms with Gasteiger partial charge in [-0.05, 0) is 37.5 Å². The van der Waals surface area contributed by atoms with Gasteiger partial charge in [-0.25, -0.2) is 0 Å². The number of thioether (sulfide) groups is 1. The topological polar surface area (TPSA) is 38.5 Å². The highest BCUT2D eigenvalue weighted by Crippen LogP contribution is 2.41. The Morgan fingerprint density at radius 1 is 1.39 bits per heavy atom. The highest BCUT2D eigenvalue weighted by atomic mass is 32.2. The van der Waals surface area contributed by atoms with Crippen LogP contribution in [0.2, 0.25) is 0 Å². The van der Waals surface area contributed by atoms with E-state index < -0.39 is 0 Å². The zero-order chi connectivity index (χ0) is 13.2. The molecule has 0 aromatic rings. The summed E-state index contributed by atoms with van der Waals surface area (Å²) in [6.45, 7) is 7.46. The molecule has 2 aliphatic heterocycles. The maximum absolute atomic E-state index is 6.14. The average Bonchev–Trinajstić information content (AvgIpc) is 2.80. The third kappa shape index (κ3) is 3.21. The predicted octanol–water partition coefficient (Wildman–Crippen LogP) is 1.96. The first-order chi connectivity index (χ1) is 8.47. The highest BCUT2D eigenvalue weighted by Gasteiger charge is 2.43. The van der Waals surface area contributed by atoms with Gasteiger partial charge in [0.05, 0.1) is 6.10 Å². The van der Waals surface area contributed by atoms with E-state index in [-0.39, 0.29) is 5.54 Å². The molecule has 0 spiro atoms. The molecule has 2 atom stereocenters. The quantitative estimate of drug-likeness (QED) is 0.849. The van der Waals surface area contributed by atoms with Crippen LogP contribution >= 0.6 is 11.8 Å². The van der Waals surface area contributed by atoms with Crippen molar-refractivity contribution >= 4 is 11.8 Å². The zero-order valence-electron chi connectivity index (χ0n) is 12.1. The second-order valence-electron chi connectivity index (χ2n) is 6.78. The Kier molecular flexibility index (Phi) is 4.63. The van der Waals surface area contributed by atoms with Crippen LogP contribution < -0.4 is 5.73 Å². The molecular weight excluding hydrogens is 244 g/mol. The summed E-state index contributed by atoms with van der Waals surface area (Å²) in [5, 5.41) is 0. The van der Waals surface area contributed by atoms with Gasteiger partial charge in [-0.3, -0.25) is 4.90 Å². The summed E-state index contributed by atoms with van der Waals surface area (Å²) in [5.74, 6) is 2.42. The molecular formula is C14H28N2OS. The van der Waals surface area contributed by atoms with Gasteiger partial charge in [0.15, 0.2) is 0 Å². The van der Waals surface area contributed by atoms with E-state index >= 15 is 0 Å². The van der Waals surface area contributed by atoms with Crippen LogP contribution in [0.15, 0.2) is 0 Å². The fraction of sp³-hybridized carbons (Fsp3) is 1.00. The van der Waals surface area contributed by atoms with Crippen LogP contribution in [0.4, 0.5) is 0 Å². The lowest BCUT2D eigenvalue weighted by Gasteiger charge is -2.49. The van der Waals surface area contributed by atoms with Crippen molar-refractivity contribution in [1.29, 1.82) is 0 Å². The minimum absolute atomic E-state index is 0.165. The van der Waals surface area contributed by atoms with Crippen molar-refractivity contribution < 1.29 is 4.74 Å². The maximum Gasteiger partial charge on any atom is 0.0702 e. The fourth-order valence-corrected chi connectivity index (χ4v) is 4.91. The first-order valence-electron chi connectivity index (χ1n) is 7.08. The third-order valence-electron chi connectivity index (χ3n) is 4.36. The largest absolute Gasteiger partial charge is 0.377 e. The van der Waals surface area contributed by atoms with E-state index in [2.05, 4.69) is 37.6 Å². The smallest absolute Gasteiger partial charge is 0.0702 e. The first-order valence-corrected chi connectivity index (χ1v) is 8.24. The van der Waals surface area contributed by atoms with Crippen LogP contribution in [0.5, 0.6) is 0 Å². The Labute approximate surface area is 116 Å². The lowest BCUT2D eigenvalue weighted by molar-refractivity contribution is 0.0275. The van der Waals surface area contributed by atoms with Crippen LogP contribution in [0.25, 0.3) is 0 Å². The van der Waals surface area contributed by atoms with Crippen LogP contribution in [-0.4, -0.2) is 54.8 Å². The van der Waals surface area contributed by atoms with Crippen molar-refractivity contribution in [3.63, 3.8) is 0 Å². The molecule has 4 heteroatoms. The van der Waals surface area contributed by atoms with E-state index in [0.29, 0.717) is 11.5 Å². The molecule has 0 saturated carbocycles. The molecule has 2 N–H and O–H groups in total. The Hall–Kier alpha value is 0.230. The number of hydrogen-bond acceptors (Lipinski definition) is 4. The molecule has 0 aromatic carbocycles. The molecule has 2 unspecified atom stereocenters. The summed E-state index contributed by atoms with van der Waals surface area (Å²) in [4.78, 5) is 2.48. The van der Waals surface area contributed by atoms with E-state index in [1.165, 1.54) is 25.0 Å². The van der Waals surface area contributed by atoms with Crippen LogP contribution in [0.1, 0.15) is 33.1 Å². The van der Waals surface area contributed by atoms with Gasteiger partial charge in [0.25, 0.3) is 0 Å². The van der Waals surface area contributed by atoms with E-state index in [4.69, 9.17) is 10.5 Å². The van der Waals surface area contributed by atoms with Crippen molar-refractivity contribution in [2.75, 3.05) is 38.2 Å². The summed E-state index contributed by atoms with van der Waals surface area (Å²) >= 11 is 2.06. The van der Waals surface area contributed by atoms with Crippen LogP contribution in [0.3, 0.4) is 0 Å². The summed E-state index contributed by atoms with van der Waals surface area (Å²) in [6, 6.07) is 0. The summed E-state index contributed by atoms with van der Waals surface area (Å²) in [6.07, 6.45) is 4.05. The molecule has 0 amide bonds. The normalized spacial score (nSPS) is 36.2. The van der Waals surface area contributed by atoms with E-state index in [0.717, 1.165) is 25.4 Å². The number of nitrogens with zero attached hydrogens (tertiary/aromatic N) is 1. The maximum atomic E-state index is 6.14. The van der Waals surface area contributed by atoms with E-state index in [1.54, 1.807) is 0 Å². The van der Waals surface area contributed by atoms with Crippen molar-refractivity contribution in [3.8, 4) is 0 Å². The second-order valence-corrected chi connectivity index (χ2v) is 7.76. The second kappa shape index (κ2) is 5.70. The van der Waals surface area contributed by atoms with Gasteiger partial charge in [0, 0.05) is 31.0 Å². The van der Waals surface area contributed by atoms with Crippen molar-refractivity contribution in [3.05, 3.63) is 0 Å². The number of rotatable bonds is 4. The number of hydrogen-bond donors (Lipinski definition) is 1. The van der Waals surface area contributed by atoms with E-state index in [9.17, 15) is 0 Å². The van der Waals surface area contributed by atoms with Crippen molar-refractivity contribution in [2.45, 2.75) is 44.8 Å². The monoisotopic (exact) mass is 272 g/mol. The van der Waals surface area contributed by atoms with Gasteiger partial charge in [-0.1, -0.05) is 13.8 Å². The molecule has 2 saturated heterocycles. The molecule has 0 bridgehead atoms. The molecule has 2 fully saturated rings.